The zero-order chi connectivity index (χ0) is 19.1. The fourth-order valence-electron chi connectivity index (χ4n) is 3.12. The van der Waals surface area contributed by atoms with E-state index in [9.17, 15) is 10.1 Å². The van der Waals surface area contributed by atoms with E-state index in [4.69, 9.17) is 0 Å². The van der Waals surface area contributed by atoms with Crippen LogP contribution in [0.15, 0.2) is 52.4 Å². The third-order valence-electron chi connectivity index (χ3n) is 4.46. The third-order valence-corrected chi connectivity index (χ3v) is 5.40. The molecule has 0 saturated carbocycles. The zero-order valence-electron chi connectivity index (χ0n) is 15.2. The molecular formula is C20H17N5OS. The molecule has 0 aliphatic heterocycles. The molecule has 6 nitrogen and oxygen atoms in total. The molecule has 0 fully saturated rings. The van der Waals surface area contributed by atoms with Crippen molar-refractivity contribution in [2.24, 2.45) is 0 Å². The van der Waals surface area contributed by atoms with Crippen LogP contribution in [-0.2, 0) is 0 Å². The van der Waals surface area contributed by atoms with Gasteiger partial charge in [-0.05, 0) is 50.1 Å². The number of nitriles is 1. The summed E-state index contributed by atoms with van der Waals surface area (Å²) in [6.07, 6.45) is 0. The Morgan fingerprint density at radius 3 is 2.70 bits per heavy atom. The number of para-hydroxylation sites is 1. The highest BCUT2D eigenvalue weighted by Crippen LogP contribution is 2.26. The second kappa shape index (κ2) is 6.56. The van der Waals surface area contributed by atoms with Crippen LogP contribution in [0.25, 0.3) is 22.4 Å². The van der Waals surface area contributed by atoms with Crippen molar-refractivity contribution < 1.29 is 0 Å². The lowest BCUT2D eigenvalue weighted by molar-refractivity contribution is 0.925. The molecule has 0 aliphatic carbocycles. The van der Waals surface area contributed by atoms with Crippen LogP contribution in [0.4, 0.5) is 0 Å². The Morgan fingerprint density at radius 2 is 1.93 bits per heavy atom. The van der Waals surface area contributed by atoms with Crippen molar-refractivity contribution in [3.05, 3.63) is 63.9 Å². The van der Waals surface area contributed by atoms with Crippen molar-refractivity contribution in [2.45, 2.75) is 31.2 Å². The molecule has 0 radical (unpaired) electrons. The molecule has 0 N–H and O–H groups in total. The van der Waals surface area contributed by atoms with Crippen LogP contribution in [0.5, 0.6) is 0 Å². The van der Waals surface area contributed by atoms with Gasteiger partial charge in [-0.25, -0.2) is 4.57 Å². The molecule has 4 rings (SSSR count). The number of rotatable bonds is 3. The van der Waals surface area contributed by atoms with Gasteiger partial charge in [0, 0.05) is 0 Å². The summed E-state index contributed by atoms with van der Waals surface area (Å²) >= 11 is 1.32. The van der Waals surface area contributed by atoms with Gasteiger partial charge in [0.15, 0.2) is 5.16 Å². The van der Waals surface area contributed by atoms with E-state index in [-0.39, 0.29) is 10.8 Å². The van der Waals surface area contributed by atoms with Crippen LogP contribution < -0.4 is 5.56 Å². The zero-order valence-corrected chi connectivity index (χ0v) is 16.0. The van der Waals surface area contributed by atoms with E-state index >= 15 is 0 Å². The van der Waals surface area contributed by atoms with Gasteiger partial charge in [0.1, 0.15) is 0 Å². The molecule has 2 aromatic carbocycles. The number of hydrogen-bond donors (Lipinski definition) is 0. The summed E-state index contributed by atoms with van der Waals surface area (Å²) in [4.78, 5) is 13.3. The van der Waals surface area contributed by atoms with Crippen LogP contribution >= 0.6 is 11.8 Å². The van der Waals surface area contributed by atoms with E-state index in [1.165, 1.54) is 11.8 Å². The highest BCUT2D eigenvalue weighted by Gasteiger charge is 2.20. The molecule has 7 heteroatoms. The smallest absolute Gasteiger partial charge is 0.267 e. The van der Waals surface area contributed by atoms with Gasteiger partial charge >= 0.3 is 0 Å². The molecular weight excluding hydrogens is 358 g/mol. The predicted molar refractivity (Wildman–Crippen MR) is 106 cm³/mol. The Kier molecular flexibility index (Phi) is 4.21. The van der Waals surface area contributed by atoms with Crippen molar-refractivity contribution >= 4 is 28.4 Å². The lowest BCUT2D eigenvalue weighted by Gasteiger charge is -2.14. The first-order chi connectivity index (χ1) is 13.0. The summed E-state index contributed by atoms with van der Waals surface area (Å²) < 4.78 is 3.47. The van der Waals surface area contributed by atoms with Crippen molar-refractivity contribution in [1.82, 2.24) is 19.2 Å². The van der Waals surface area contributed by atoms with Gasteiger partial charge in [0.25, 0.3) is 5.56 Å². The van der Waals surface area contributed by atoms with Crippen LogP contribution in [0.2, 0.25) is 0 Å². The average molecular weight is 375 g/mol. The normalized spacial score (nSPS) is 12.4. The number of thioether (sulfide) groups is 1. The molecule has 27 heavy (non-hydrogen) atoms. The lowest BCUT2D eigenvalue weighted by atomic mass is 10.1. The summed E-state index contributed by atoms with van der Waals surface area (Å²) in [5, 5.41) is 18.7. The molecule has 0 amide bonds. The van der Waals surface area contributed by atoms with Gasteiger partial charge in [0.05, 0.1) is 27.9 Å². The van der Waals surface area contributed by atoms with Crippen LogP contribution in [-0.4, -0.2) is 24.4 Å². The summed E-state index contributed by atoms with van der Waals surface area (Å²) in [5.41, 5.74) is 3.41. The maximum Gasteiger partial charge on any atom is 0.267 e. The van der Waals surface area contributed by atoms with E-state index in [0.29, 0.717) is 16.3 Å². The van der Waals surface area contributed by atoms with Gasteiger partial charge in [-0.1, -0.05) is 36.0 Å². The summed E-state index contributed by atoms with van der Waals surface area (Å²) in [5.74, 6) is 0.444. The Hall–Kier alpha value is -3.11. The molecule has 0 unspecified atom stereocenters. The minimum absolute atomic E-state index is 0.135. The largest absolute Gasteiger partial charge is 0.268 e. The van der Waals surface area contributed by atoms with E-state index in [1.807, 2.05) is 61.6 Å². The molecule has 0 aliphatic rings. The molecule has 134 valence electrons. The Balaban J connectivity index is 2.16. The van der Waals surface area contributed by atoms with Crippen LogP contribution in [0.3, 0.4) is 0 Å². The maximum atomic E-state index is 13.3. The molecule has 2 aromatic heterocycles. The predicted octanol–water partition coefficient (Wildman–Crippen LogP) is 3.65. The summed E-state index contributed by atoms with van der Waals surface area (Å²) in [7, 11) is 0. The molecule has 0 spiro atoms. The Bertz CT molecular complexity index is 1280. The minimum atomic E-state index is -0.280. The fourth-order valence-corrected chi connectivity index (χ4v) is 3.86. The average Bonchev–Trinajstić information content (AvgIpc) is 3.08. The van der Waals surface area contributed by atoms with Crippen molar-refractivity contribution in [2.75, 3.05) is 0 Å². The first kappa shape index (κ1) is 17.3. The van der Waals surface area contributed by atoms with Crippen molar-refractivity contribution in [3.8, 4) is 11.8 Å². The first-order valence-corrected chi connectivity index (χ1v) is 9.42. The number of fused-ring (bicyclic) bond motifs is 3. The second-order valence-electron chi connectivity index (χ2n) is 6.45. The van der Waals surface area contributed by atoms with Crippen molar-refractivity contribution in [3.63, 3.8) is 0 Å². The maximum absolute atomic E-state index is 13.3. The van der Waals surface area contributed by atoms with E-state index in [0.717, 1.165) is 22.3 Å². The standard InChI is InChI=1S/C20H17N5OS/c1-12-8-9-13(2)17(10-12)24-18(26)15-6-4-5-7-16(15)25-19(24)22-23-20(25)27-14(3)11-21/h4-10,14H,1-3H3/t14-/m0/s1. The second-order valence-corrected chi connectivity index (χ2v) is 7.76. The molecule has 1 atom stereocenters. The number of aryl methyl sites for hydroxylation is 2. The van der Waals surface area contributed by atoms with Gasteiger partial charge in [0.2, 0.25) is 5.78 Å². The van der Waals surface area contributed by atoms with Gasteiger partial charge in [-0.15, -0.1) is 10.2 Å². The third kappa shape index (κ3) is 2.78. The number of benzene rings is 2. The number of aromatic nitrogens is 4. The van der Waals surface area contributed by atoms with E-state index in [1.54, 1.807) is 10.6 Å². The van der Waals surface area contributed by atoms with E-state index < -0.39 is 0 Å². The summed E-state index contributed by atoms with van der Waals surface area (Å²) in [6.45, 7) is 5.78. The Morgan fingerprint density at radius 1 is 1.15 bits per heavy atom. The minimum Gasteiger partial charge on any atom is -0.268 e. The van der Waals surface area contributed by atoms with Gasteiger partial charge < -0.3 is 0 Å². The first-order valence-electron chi connectivity index (χ1n) is 8.54. The van der Waals surface area contributed by atoms with Gasteiger partial charge in [-0.2, -0.15) is 5.26 Å². The topological polar surface area (TPSA) is 76.0 Å². The van der Waals surface area contributed by atoms with Gasteiger partial charge in [-0.3, -0.25) is 9.20 Å². The number of hydrogen-bond acceptors (Lipinski definition) is 5. The monoisotopic (exact) mass is 375 g/mol. The molecule has 2 heterocycles. The lowest BCUT2D eigenvalue weighted by Crippen LogP contribution is -2.22. The van der Waals surface area contributed by atoms with Crippen LogP contribution in [0.1, 0.15) is 18.1 Å². The molecule has 0 saturated heterocycles. The SMILES string of the molecule is Cc1ccc(C)c(-n2c(=O)c3ccccc3n3c(S[C@@H](C)C#N)nnc23)c1. The van der Waals surface area contributed by atoms with Crippen molar-refractivity contribution in [1.29, 1.82) is 5.26 Å². The highest BCUT2D eigenvalue weighted by atomic mass is 32.2. The Labute approximate surface area is 160 Å². The molecule has 0 bridgehead atoms. The summed E-state index contributed by atoms with van der Waals surface area (Å²) in [6, 6.07) is 15.6. The number of nitrogens with zero attached hydrogens (tertiary/aromatic N) is 5. The molecule has 4 aromatic rings. The fraction of sp³-hybridized carbons (Fsp3) is 0.200. The highest BCUT2D eigenvalue weighted by molar-refractivity contribution is 8.00. The van der Waals surface area contributed by atoms with Crippen LogP contribution in [0, 0.1) is 25.2 Å². The quantitative estimate of drug-likeness (QED) is 0.511. The van der Waals surface area contributed by atoms with E-state index in [2.05, 4.69) is 16.3 Å².